The molecule has 0 aliphatic carbocycles. The van der Waals surface area contributed by atoms with Crippen molar-refractivity contribution in [3.05, 3.63) is 81.7 Å². The zero-order valence-electron chi connectivity index (χ0n) is 18.8. The molecule has 8 heteroatoms. The van der Waals surface area contributed by atoms with Crippen molar-refractivity contribution in [3.63, 3.8) is 0 Å². The number of allylic oxidation sites excluding steroid dienone is 1. The first kappa shape index (κ1) is 22.8. The van der Waals surface area contributed by atoms with E-state index in [1.807, 2.05) is 60.5 Å². The number of methoxy groups -OCH3 is 2. The zero-order chi connectivity index (χ0) is 23.5. The van der Waals surface area contributed by atoms with Gasteiger partial charge in [-0.05, 0) is 67.3 Å². The molecule has 0 spiro atoms. The summed E-state index contributed by atoms with van der Waals surface area (Å²) in [6.07, 6.45) is 0. The van der Waals surface area contributed by atoms with Crippen LogP contribution in [0.3, 0.4) is 0 Å². The Morgan fingerprint density at radius 1 is 1.09 bits per heavy atom. The minimum Gasteiger partial charge on any atom is -0.497 e. The molecule has 1 aliphatic heterocycles. The van der Waals surface area contributed by atoms with Gasteiger partial charge in [0, 0.05) is 22.3 Å². The fourth-order valence-electron chi connectivity index (χ4n) is 3.89. The van der Waals surface area contributed by atoms with Gasteiger partial charge in [-0.25, -0.2) is 0 Å². The molecule has 2 N–H and O–H groups in total. The maximum absolute atomic E-state index is 13.7. The van der Waals surface area contributed by atoms with E-state index in [2.05, 4.69) is 10.6 Å². The number of thiophene rings is 1. The molecule has 0 bridgehead atoms. The van der Waals surface area contributed by atoms with Crippen LogP contribution in [0.25, 0.3) is 0 Å². The summed E-state index contributed by atoms with van der Waals surface area (Å²) < 4.78 is 10.8. The number of aryl methyl sites for hydroxylation is 1. The van der Waals surface area contributed by atoms with Gasteiger partial charge in [0.1, 0.15) is 11.5 Å². The van der Waals surface area contributed by atoms with Crippen molar-refractivity contribution in [1.82, 2.24) is 5.32 Å². The number of nitrogens with zero attached hydrogens (tertiary/aromatic N) is 1. The summed E-state index contributed by atoms with van der Waals surface area (Å²) in [5, 5.41) is 8.93. The van der Waals surface area contributed by atoms with E-state index < -0.39 is 0 Å². The number of hydrogen-bond acceptors (Lipinski definition) is 5. The van der Waals surface area contributed by atoms with Crippen molar-refractivity contribution >= 4 is 45.9 Å². The van der Waals surface area contributed by atoms with Crippen molar-refractivity contribution in [3.8, 4) is 11.5 Å². The van der Waals surface area contributed by atoms with Gasteiger partial charge >= 0.3 is 0 Å². The van der Waals surface area contributed by atoms with Gasteiger partial charge in [-0.2, -0.15) is 0 Å². The average molecular weight is 480 g/mol. The van der Waals surface area contributed by atoms with Crippen molar-refractivity contribution in [2.45, 2.75) is 19.9 Å². The number of thiocarbonyl (C=S) groups is 1. The van der Waals surface area contributed by atoms with Gasteiger partial charge in [-0.1, -0.05) is 18.2 Å². The van der Waals surface area contributed by atoms with Gasteiger partial charge in [0.25, 0.3) is 5.91 Å². The largest absolute Gasteiger partial charge is 0.497 e. The number of benzene rings is 2. The second-order valence-electron chi connectivity index (χ2n) is 7.59. The summed E-state index contributed by atoms with van der Waals surface area (Å²) in [5.74, 6) is 0.922. The molecule has 1 unspecified atom stereocenters. The lowest BCUT2D eigenvalue weighted by molar-refractivity contribution is -0.113. The summed E-state index contributed by atoms with van der Waals surface area (Å²) in [4.78, 5) is 16.6. The maximum atomic E-state index is 13.7. The van der Waals surface area contributed by atoms with Crippen LogP contribution in [0.1, 0.15) is 23.4 Å². The van der Waals surface area contributed by atoms with E-state index in [0.29, 0.717) is 27.9 Å². The summed E-state index contributed by atoms with van der Waals surface area (Å²) in [7, 11) is 3.15. The minimum atomic E-state index is -0.366. The van der Waals surface area contributed by atoms with Crippen LogP contribution in [0.15, 0.2) is 71.2 Å². The van der Waals surface area contributed by atoms with Crippen LogP contribution < -0.4 is 25.0 Å². The Morgan fingerprint density at radius 3 is 2.58 bits per heavy atom. The van der Waals surface area contributed by atoms with Crippen molar-refractivity contribution in [1.29, 1.82) is 0 Å². The summed E-state index contributed by atoms with van der Waals surface area (Å²) in [6.45, 7) is 3.95. The minimum absolute atomic E-state index is 0.245. The number of carbonyl (C=O) groups is 1. The van der Waals surface area contributed by atoms with E-state index in [1.54, 1.807) is 43.8 Å². The molecular weight excluding hydrogens is 454 g/mol. The molecular formula is C25H25N3O3S2. The Hall–Kier alpha value is -3.36. The molecule has 2 aromatic carbocycles. The van der Waals surface area contributed by atoms with Crippen LogP contribution in [0.4, 0.5) is 11.4 Å². The smallest absolute Gasteiger partial charge is 0.255 e. The molecule has 1 aromatic heterocycles. The number of hydrogen-bond donors (Lipinski definition) is 2. The predicted octanol–water partition coefficient (Wildman–Crippen LogP) is 5.42. The highest BCUT2D eigenvalue weighted by Crippen LogP contribution is 2.37. The quantitative estimate of drug-likeness (QED) is 0.460. The molecule has 1 atom stereocenters. The second-order valence-corrected chi connectivity index (χ2v) is 8.96. The molecule has 4 rings (SSSR count). The highest BCUT2D eigenvalue weighted by molar-refractivity contribution is 7.80. The first-order chi connectivity index (χ1) is 15.9. The van der Waals surface area contributed by atoms with Crippen LogP contribution >= 0.6 is 23.6 Å². The molecule has 6 nitrogen and oxygen atoms in total. The lowest BCUT2D eigenvalue weighted by Gasteiger charge is -2.37. The molecule has 3 aromatic rings. The van der Waals surface area contributed by atoms with Crippen LogP contribution in [-0.2, 0) is 4.79 Å². The lowest BCUT2D eigenvalue weighted by Crippen LogP contribution is -2.48. The number of amides is 1. The number of ether oxygens (including phenoxy) is 2. The van der Waals surface area contributed by atoms with E-state index in [0.717, 1.165) is 21.8 Å². The van der Waals surface area contributed by atoms with E-state index in [4.69, 9.17) is 21.7 Å². The van der Waals surface area contributed by atoms with E-state index in [1.165, 1.54) is 0 Å². The van der Waals surface area contributed by atoms with Crippen molar-refractivity contribution in [2.24, 2.45) is 0 Å². The number of rotatable bonds is 6. The lowest BCUT2D eigenvalue weighted by atomic mass is 9.99. The third kappa shape index (κ3) is 4.58. The molecule has 33 heavy (non-hydrogen) atoms. The Labute approximate surface area is 202 Å². The monoisotopic (exact) mass is 479 g/mol. The van der Waals surface area contributed by atoms with E-state index >= 15 is 0 Å². The highest BCUT2D eigenvalue weighted by atomic mass is 32.1. The second kappa shape index (κ2) is 9.64. The molecule has 1 aliphatic rings. The first-order valence-electron chi connectivity index (χ1n) is 10.4. The number of anilines is 2. The van der Waals surface area contributed by atoms with Crippen molar-refractivity contribution < 1.29 is 14.3 Å². The molecule has 0 fully saturated rings. The van der Waals surface area contributed by atoms with Gasteiger partial charge in [0.2, 0.25) is 0 Å². The number of nitrogens with one attached hydrogen (secondary N) is 2. The third-order valence-electron chi connectivity index (χ3n) is 5.47. The summed E-state index contributed by atoms with van der Waals surface area (Å²) in [5.41, 5.74) is 3.89. The van der Waals surface area contributed by atoms with Gasteiger partial charge < -0.3 is 20.1 Å². The topological polar surface area (TPSA) is 62.8 Å². The summed E-state index contributed by atoms with van der Waals surface area (Å²) >= 11 is 7.31. The zero-order valence-corrected chi connectivity index (χ0v) is 20.5. The average Bonchev–Trinajstić information content (AvgIpc) is 3.33. The Balaban J connectivity index is 1.80. The Kier molecular flexibility index (Phi) is 6.67. The third-order valence-corrected chi connectivity index (χ3v) is 6.71. The molecule has 1 amide bonds. The van der Waals surface area contributed by atoms with Gasteiger partial charge in [-0.3, -0.25) is 9.69 Å². The Morgan fingerprint density at radius 2 is 1.91 bits per heavy atom. The maximum Gasteiger partial charge on any atom is 0.255 e. The van der Waals surface area contributed by atoms with Crippen LogP contribution in [-0.4, -0.2) is 25.2 Å². The first-order valence-corrected chi connectivity index (χ1v) is 11.7. The fourth-order valence-corrected chi connectivity index (χ4v) is 5.03. The molecule has 170 valence electrons. The van der Waals surface area contributed by atoms with Crippen LogP contribution in [0, 0.1) is 6.92 Å². The fraction of sp³-hybridized carbons (Fsp3) is 0.200. The predicted molar refractivity (Wildman–Crippen MR) is 137 cm³/mol. The highest BCUT2D eigenvalue weighted by Gasteiger charge is 2.35. The normalized spacial score (nSPS) is 15.8. The van der Waals surface area contributed by atoms with E-state index in [-0.39, 0.29) is 11.9 Å². The number of carbonyl (C=O) groups excluding carboxylic acids is 1. The molecule has 2 heterocycles. The van der Waals surface area contributed by atoms with Crippen LogP contribution in [0.2, 0.25) is 0 Å². The van der Waals surface area contributed by atoms with Crippen LogP contribution in [0.5, 0.6) is 11.5 Å². The van der Waals surface area contributed by atoms with Gasteiger partial charge in [-0.15, -0.1) is 11.3 Å². The molecule has 0 saturated carbocycles. The standard InChI is InChI=1S/C25H25N3O3S2/c1-15-7-5-8-17(13-15)28-16(2)22(23(27-25(28)32)21-9-6-12-33-21)24(29)26-19-14-18(30-3)10-11-20(19)31-4/h5-14,23H,1-4H3,(H,26,29)(H,27,32). The Bertz CT molecular complexity index is 1220. The molecule has 0 saturated heterocycles. The SMILES string of the molecule is COc1ccc(OC)c(NC(=O)C2=C(C)N(c3cccc(C)c3)C(=S)NC2c2cccs2)c1. The van der Waals surface area contributed by atoms with E-state index in [9.17, 15) is 4.79 Å². The summed E-state index contributed by atoms with van der Waals surface area (Å²) in [6, 6.07) is 16.9. The van der Waals surface area contributed by atoms with Gasteiger partial charge in [0.05, 0.1) is 31.5 Å². The van der Waals surface area contributed by atoms with Crippen molar-refractivity contribution in [2.75, 3.05) is 24.4 Å². The molecule has 0 radical (unpaired) electrons. The van der Waals surface area contributed by atoms with Gasteiger partial charge in [0.15, 0.2) is 5.11 Å².